The summed E-state index contributed by atoms with van der Waals surface area (Å²) in [6, 6.07) is 6.81. The number of carbonyl (C=O) groups is 4. The van der Waals surface area contributed by atoms with Crippen molar-refractivity contribution in [3.05, 3.63) is 46.5 Å². The Kier molecular flexibility index (Phi) is 3.36. The maximum absolute atomic E-state index is 12.7. The van der Waals surface area contributed by atoms with Gasteiger partial charge in [0.25, 0.3) is 0 Å². The van der Waals surface area contributed by atoms with Crippen molar-refractivity contribution in [2.45, 2.75) is 12.8 Å². The van der Waals surface area contributed by atoms with Gasteiger partial charge in [-0.3, -0.25) is 9.59 Å². The largest absolute Gasteiger partial charge is 0.468 e. The number of benzene rings is 1. The molecule has 1 aliphatic heterocycles. The highest BCUT2D eigenvalue weighted by Gasteiger charge is 2.46. The number of hydrogen-bond acceptors (Lipinski definition) is 6. The van der Waals surface area contributed by atoms with Crippen molar-refractivity contribution in [1.82, 2.24) is 0 Å². The Hall–Kier alpha value is -2.76. The fraction of sp³-hybridized carbons (Fsp3) is 0.250. The van der Waals surface area contributed by atoms with Crippen LogP contribution in [0, 0.1) is 5.92 Å². The topological polar surface area (TPSA) is 86.7 Å². The number of rotatable bonds is 1. The first-order chi connectivity index (χ1) is 10.5. The van der Waals surface area contributed by atoms with Crippen molar-refractivity contribution < 1.29 is 28.7 Å². The molecule has 1 atom stereocenters. The lowest BCUT2D eigenvalue weighted by Crippen LogP contribution is -2.31. The molecule has 1 heterocycles. The van der Waals surface area contributed by atoms with E-state index in [1.165, 1.54) is 0 Å². The van der Waals surface area contributed by atoms with Crippen molar-refractivity contribution in [1.29, 1.82) is 0 Å². The Labute approximate surface area is 125 Å². The predicted molar refractivity (Wildman–Crippen MR) is 72.7 cm³/mol. The maximum atomic E-state index is 12.7. The molecule has 0 fully saturated rings. The second-order valence-electron chi connectivity index (χ2n) is 5.05. The monoisotopic (exact) mass is 300 g/mol. The van der Waals surface area contributed by atoms with Gasteiger partial charge in [0.1, 0.15) is 0 Å². The zero-order valence-electron chi connectivity index (χ0n) is 11.8. The van der Waals surface area contributed by atoms with Gasteiger partial charge in [-0.25, -0.2) is 9.59 Å². The summed E-state index contributed by atoms with van der Waals surface area (Å²) in [5, 5.41) is 0. The summed E-state index contributed by atoms with van der Waals surface area (Å²) < 4.78 is 9.23. The Morgan fingerprint density at radius 1 is 1.14 bits per heavy atom. The molecular formula is C16H12O6. The van der Waals surface area contributed by atoms with E-state index in [9.17, 15) is 19.2 Å². The molecule has 0 N–H and O–H groups in total. The molecule has 0 spiro atoms. The lowest BCUT2D eigenvalue weighted by Gasteiger charge is -2.18. The molecule has 22 heavy (non-hydrogen) atoms. The molecule has 0 radical (unpaired) electrons. The van der Waals surface area contributed by atoms with E-state index < -0.39 is 29.6 Å². The van der Waals surface area contributed by atoms with Crippen LogP contribution in [-0.4, -0.2) is 30.8 Å². The van der Waals surface area contributed by atoms with E-state index in [-0.39, 0.29) is 17.6 Å². The number of esters is 3. The second kappa shape index (κ2) is 5.22. The molecular weight excluding hydrogens is 288 g/mol. The minimum Gasteiger partial charge on any atom is -0.468 e. The van der Waals surface area contributed by atoms with Gasteiger partial charge in [0.15, 0.2) is 11.7 Å². The van der Waals surface area contributed by atoms with Crippen LogP contribution in [0.25, 0.3) is 0 Å². The summed E-state index contributed by atoms with van der Waals surface area (Å²) in [6.45, 7) is 0. The molecule has 0 aromatic heterocycles. The Bertz CT molecular complexity index is 743. The fourth-order valence-electron chi connectivity index (χ4n) is 2.83. The molecule has 3 rings (SSSR count). The lowest BCUT2D eigenvalue weighted by atomic mass is 9.82. The molecule has 0 bridgehead atoms. The summed E-state index contributed by atoms with van der Waals surface area (Å²) in [5.74, 6) is -4.62. The van der Waals surface area contributed by atoms with Crippen molar-refractivity contribution in [3.63, 3.8) is 0 Å². The van der Waals surface area contributed by atoms with Crippen LogP contribution in [0.4, 0.5) is 0 Å². The van der Waals surface area contributed by atoms with Crippen LogP contribution in [0.3, 0.4) is 0 Å². The number of ether oxygens (including phenoxy) is 2. The van der Waals surface area contributed by atoms with Gasteiger partial charge in [0.2, 0.25) is 0 Å². The average Bonchev–Trinajstić information content (AvgIpc) is 2.78. The van der Waals surface area contributed by atoms with Gasteiger partial charge >= 0.3 is 17.9 Å². The third-order valence-electron chi connectivity index (χ3n) is 3.89. The van der Waals surface area contributed by atoms with Crippen LogP contribution in [0.5, 0.6) is 0 Å². The molecule has 0 saturated carbocycles. The number of fused-ring (bicyclic) bond motifs is 1. The van der Waals surface area contributed by atoms with Crippen LogP contribution in [-0.2, 0) is 30.3 Å². The highest BCUT2D eigenvalue weighted by molar-refractivity contribution is 6.22. The summed E-state index contributed by atoms with van der Waals surface area (Å²) in [7, 11) is 1.13. The van der Waals surface area contributed by atoms with Crippen LogP contribution in [0.2, 0.25) is 0 Å². The van der Waals surface area contributed by atoms with E-state index in [0.29, 0.717) is 12.0 Å². The number of aryl methyl sites for hydroxylation is 1. The standard InChI is InChI=1S/C16H12O6/c1-21-15(19)12-11-10(14(18)22-16(11)20)7-6-8-4-2-3-5-9(8)13(12)17/h2-5,12H,6-7H2,1H3/t12-/m1/s1. The van der Waals surface area contributed by atoms with Crippen LogP contribution >= 0.6 is 0 Å². The van der Waals surface area contributed by atoms with Crippen LogP contribution in [0.1, 0.15) is 22.3 Å². The van der Waals surface area contributed by atoms with Crippen LogP contribution < -0.4 is 0 Å². The smallest absolute Gasteiger partial charge is 0.343 e. The lowest BCUT2D eigenvalue weighted by molar-refractivity contribution is -0.153. The summed E-state index contributed by atoms with van der Waals surface area (Å²) in [5.41, 5.74) is 0.983. The zero-order valence-corrected chi connectivity index (χ0v) is 11.8. The summed E-state index contributed by atoms with van der Waals surface area (Å²) in [6.07, 6.45) is 0.648. The van der Waals surface area contributed by atoms with Gasteiger partial charge in [-0.05, 0) is 18.4 Å². The van der Waals surface area contributed by atoms with Gasteiger partial charge < -0.3 is 9.47 Å². The first-order valence-corrected chi connectivity index (χ1v) is 6.74. The zero-order chi connectivity index (χ0) is 15.9. The van der Waals surface area contributed by atoms with Gasteiger partial charge in [-0.15, -0.1) is 0 Å². The SMILES string of the molecule is COC(=O)[C@H]1C(=O)c2ccccc2CCC2=C1C(=O)OC2=O. The second-order valence-corrected chi connectivity index (χ2v) is 5.05. The molecule has 1 aromatic carbocycles. The summed E-state index contributed by atoms with van der Waals surface area (Å²) in [4.78, 5) is 48.5. The van der Waals surface area contributed by atoms with Crippen molar-refractivity contribution in [2.24, 2.45) is 5.92 Å². The number of hydrogen-bond donors (Lipinski definition) is 0. The van der Waals surface area contributed by atoms with Crippen molar-refractivity contribution >= 4 is 23.7 Å². The van der Waals surface area contributed by atoms with E-state index in [4.69, 9.17) is 0 Å². The van der Waals surface area contributed by atoms with Crippen LogP contribution in [0.15, 0.2) is 35.4 Å². The van der Waals surface area contributed by atoms with Gasteiger partial charge in [0.05, 0.1) is 12.7 Å². The fourth-order valence-corrected chi connectivity index (χ4v) is 2.83. The minimum atomic E-state index is -1.46. The molecule has 0 unspecified atom stereocenters. The Morgan fingerprint density at radius 3 is 2.59 bits per heavy atom. The van der Waals surface area contributed by atoms with Gasteiger partial charge in [-0.2, -0.15) is 0 Å². The molecule has 1 aliphatic carbocycles. The molecule has 6 nitrogen and oxygen atoms in total. The first kappa shape index (κ1) is 14.2. The molecule has 112 valence electrons. The van der Waals surface area contributed by atoms with E-state index in [2.05, 4.69) is 9.47 Å². The molecule has 1 aromatic rings. The first-order valence-electron chi connectivity index (χ1n) is 6.74. The third-order valence-corrected chi connectivity index (χ3v) is 3.89. The number of Topliss-reactive ketones (excluding diaryl/α,β-unsaturated/α-hetero) is 1. The van der Waals surface area contributed by atoms with E-state index in [1.807, 2.05) is 0 Å². The van der Waals surface area contributed by atoms with E-state index >= 15 is 0 Å². The third kappa shape index (κ3) is 2.04. The highest BCUT2D eigenvalue weighted by atomic mass is 16.6. The number of ketones is 1. The van der Waals surface area contributed by atoms with Crippen molar-refractivity contribution in [3.8, 4) is 0 Å². The maximum Gasteiger partial charge on any atom is 0.343 e. The Morgan fingerprint density at radius 2 is 1.86 bits per heavy atom. The predicted octanol–water partition coefficient (Wildman–Crippen LogP) is 0.985. The van der Waals surface area contributed by atoms with E-state index in [0.717, 1.165) is 12.7 Å². The molecule has 0 saturated heterocycles. The highest BCUT2D eigenvalue weighted by Crippen LogP contribution is 2.34. The average molecular weight is 300 g/mol. The summed E-state index contributed by atoms with van der Waals surface area (Å²) >= 11 is 0. The molecule has 0 amide bonds. The quantitative estimate of drug-likeness (QED) is 0.567. The molecule has 2 aliphatic rings. The normalized spacial score (nSPS) is 20.8. The Balaban J connectivity index is 2.21. The number of cyclic esters (lactones) is 2. The van der Waals surface area contributed by atoms with Crippen molar-refractivity contribution in [2.75, 3.05) is 7.11 Å². The number of carbonyl (C=O) groups excluding carboxylic acids is 4. The van der Waals surface area contributed by atoms with Gasteiger partial charge in [0, 0.05) is 11.1 Å². The van der Waals surface area contributed by atoms with Gasteiger partial charge in [-0.1, -0.05) is 24.3 Å². The van der Waals surface area contributed by atoms with E-state index in [1.54, 1.807) is 24.3 Å². The molecule has 6 heteroatoms. The number of methoxy groups -OCH3 is 1. The minimum absolute atomic E-state index is 0.0863.